The molecule has 2 saturated heterocycles. The Labute approximate surface area is 153 Å². The normalized spacial score (nSPS) is 53.6. The standard InChI is InChI=1S/C21H26O5/c1-19-10-15(23)16-12(13(19)5-6-21(19)24-7-8-25-21)4-3-11-9-14(22)17-18(26-17)20(11,16)2/h9,12-13,16-18H,3-8,10H2,1-2H3/t12?,13-,16+,17-,18-,19?,20-/m0/s1. The van der Waals surface area contributed by atoms with Crippen LogP contribution in [0.25, 0.3) is 0 Å². The number of hydrogen-bond acceptors (Lipinski definition) is 5. The van der Waals surface area contributed by atoms with Crippen molar-refractivity contribution in [2.24, 2.45) is 28.6 Å². The summed E-state index contributed by atoms with van der Waals surface area (Å²) < 4.78 is 18.0. The molecule has 5 fully saturated rings. The first-order valence-corrected chi connectivity index (χ1v) is 10.1. The average molecular weight is 358 g/mol. The minimum atomic E-state index is -0.559. The fourth-order valence-electron chi connectivity index (χ4n) is 7.62. The number of carbonyl (C=O) groups excluding carboxylic acids is 2. The molecule has 2 unspecified atom stereocenters. The summed E-state index contributed by atoms with van der Waals surface area (Å²) in [6, 6.07) is 0. The predicted molar refractivity (Wildman–Crippen MR) is 91.2 cm³/mol. The molecule has 4 aliphatic carbocycles. The first-order valence-electron chi connectivity index (χ1n) is 10.1. The van der Waals surface area contributed by atoms with E-state index >= 15 is 0 Å². The molecule has 1 spiro atoms. The topological polar surface area (TPSA) is 65.1 Å². The van der Waals surface area contributed by atoms with Gasteiger partial charge in [0.2, 0.25) is 0 Å². The third-order valence-electron chi connectivity index (χ3n) is 8.82. The van der Waals surface area contributed by atoms with Crippen LogP contribution in [0.5, 0.6) is 0 Å². The average Bonchev–Trinajstić information content (AvgIpc) is 3.20. The highest BCUT2D eigenvalue weighted by Gasteiger charge is 2.72. The number of fused-ring (bicyclic) bond motifs is 8. The SMILES string of the molecule is CC12CC(=O)[C@H]3C(CCC4=CC(=O)[C@@H]5O[C@@H]5[C@@]43C)[C@@H]1CCC21OCCO1. The van der Waals surface area contributed by atoms with Gasteiger partial charge >= 0.3 is 0 Å². The number of hydrogen-bond donors (Lipinski definition) is 0. The number of carbonyl (C=O) groups is 2. The van der Waals surface area contributed by atoms with E-state index in [4.69, 9.17) is 14.2 Å². The highest BCUT2D eigenvalue weighted by molar-refractivity contribution is 5.99. The van der Waals surface area contributed by atoms with E-state index in [0.29, 0.717) is 37.3 Å². The first-order chi connectivity index (χ1) is 12.4. The Morgan fingerprint density at radius 2 is 1.88 bits per heavy atom. The van der Waals surface area contributed by atoms with Gasteiger partial charge in [0.25, 0.3) is 0 Å². The Bertz CT molecular complexity index is 750. The molecular formula is C21H26O5. The van der Waals surface area contributed by atoms with Gasteiger partial charge in [-0.15, -0.1) is 0 Å². The molecule has 2 aliphatic heterocycles. The molecule has 3 saturated carbocycles. The third-order valence-corrected chi connectivity index (χ3v) is 8.82. The molecule has 0 aromatic rings. The zero-order valence-electron chi connectivity index (χ0n) is 15.5. The zero-order valence-corrected chi connectivity index (χ0v) is 15.5. The van der Waals surface area contributed by atoms with E-state index in [-0.39, 0.29) is 34.7 Å². The maximum Gasteiger partial charge on any atom is 0.187 e. The van der Waals surface area contributed by atoms with Gasteiger partial charge in [-0.2, -0.15) is 0 Å². The molecule has 0 amide bonds. The van der Waals surface area contributed by atoms with Crippen molar-refractivity contribution in [2.45, 2.75) is 63.9 Å². The van der Waals surface area contributed by atoms with Gasteiger partial charge in [0.1, 0.15) is 18.0 Å². The highest BCUT2D eigenvalue weighted by Crippen LogP contribution is 2.69. The summed E-state index contributed by atoms with van der Waals surface area (Å²) in [6.45, 7) is 5.67. The van der Waals surface area contributed by atoms with Crippen molar-refractivity contribution < 1.29 is 23.8 Å². The van der Waals surface area contributed by atoms with Crippen LogP contribution in [0.2, 0.25) is 0 Å². The Hall–Kier alpha value is -1.04. The van der Waals surface area contributed by atoms with E-state index < -0.39 is 5.79 Å². The molecule has 6 rings (SSSR count). The molecule has 0 N–H and O–H groups in total. The second-order valence-corrected chi connectivity index (χ2v) is 9.67. The summed E-state index contributed by atoms with van der Waals surface area (Å²) in [5, 5.41) is 0. The van der Waals surface area contributed by atoms with E-state index in [1.54, 1.807) is 6.08 Å². The summed E-state index contributed by atoms with van der Waals surface area (Å²) >= 11 is 0. The van der Waals surface area contributed by atoms with Crippen molar-refractivity contribution in [3.05, 3.63) is 11.6 Å². The van der Waals surface area contributed by atoms with E-state index in [1.165, 1.54) is 0 Å². The molecule has 0 aromatic carbocycles. The van der Waals surface area contributed by atoms with Crippen molar-refractivity contribution in [3.8, 4) is 0 Å². The molecule has 140 valence electrons. The second kappa shape index (κ2) is 4.68. The molecule has 7 atom stereocenters. The fraction of sp³-hybridized carbons (Fsp3) is 0.810. The summed E-state index contributed by atoms with van der Waals surface area (Å²) in [6.07, 6.45) is 5.77. The van der Waals surface area contributed by atoms with Crippen LogP contribution in [-0.2, 0) is 23.8 Å². The maximum atomic E-state index is 13.5. The third kappa shape index (κ3) is 1.61. The molecule has 5 heteroatoms. The number of ether oxygens (including phenoxy) is 3. The smallest absolute Gasteiger partial charge is 0.187 e. The van der Waals surface area contributed by atoms with Gasteiger partial charge in [0, 0.05) is 29.6 Å². The maximum absolute atomic E-state index is 13.5. The fourth-order valence-corrected chi connectivity index (χ4v) is 7.62. The molecule has 26 heavy (non-hydrogen) atoms. The minimum absolute atomic E-state index is 0.0276. The highest BCUT2D eigenvalue weighted by atomic mass is 16.7. The van der Waals surface area contributed by atoms with Crippen molar-refractivity contribution >= 4 is 11.6 Å². The summed E-state index contributed by atoms with van der Waals surface area (Å²) in [7, 11) is 0. The van der Waals surface area contributed by atoms with Crippen molar-refractivity contribution in [2.75, 3.05) is 13.2 Å². The van der Waals surface area contributed by atoms with Crippen LogP contribution in [0.4, 0.5) is 0 Å². The number of epoxide rings is 1. The minimum Gasteiger partial charge on any atom is -0.360 e. The van der Waals surface area contributed by atoms with Crippen molar-refractivity contribution in [1.29, 1.82) is 0 Å². The van der Waals surface area contributed by atoms with Crippen molar-refractivity contribution in [3.63, 3.8) is 0 Å². The van der Waals surface area contributed by atoms with Crippen molar-refractivity contribution in [1.82, 2.24) is 0 Å². The van der Waals surface area contributed by atoms with Crippen LogP contribution in [0.3, 0.4) is 0 Å². The van der Waals surface area contributed by atoms with E-state index in [0.717, 1.165) is 31.3 Å². The predicted octanol–water partition coefficient (Wildman–Crippen LogP) is 2.43. The summed E-state index contributed by atoms with van der Waals surface area (Å²) in [4.78, 5) is 25.7. The van der Waals surface area contributed by atoms with Crippen LogP contribution >= 0.6 is 0 Å². The number of rotatable bonds is 0. The number of ketones is 2. The van der Waals surface area contributed by atoms with Gasteiger partial charge in [-0.05, 0) is 37.2 Å². The Kier molecular flexibility index (Phi) is 2.87. The van der Waals surface area contributed by atoms with Gasteiger partial charge in [-0.25, -0.2) is 0 Å². The zero-order chi connectivity index (χ0) is 17.9. The van der Waals surface area contributed by atoms with E-state index in [9.17, 15) is 9.59 Å². The van der Waals surface area contributed by atoms with Gasteiger partial charge in [0.15, 0.2) is 11.6 Å². The van der Waals surface area contributed by atoms with Crippen LogP contribution in [0.15, 0.2) is 11.6 Å². The lowest BCUT2D eigenvalue weighted by atomic mass is 9.46. The summed E-state index contributed by atoms with van der Waals surface area (Å²) in [5.41, 5.74) is 0.626. The molecule has 0 bridgehead atoms. The lowest BCUT2D eigenvalue weighted by molar-refractivity contribution is -0.239. The second-order valence-electron chi connectivity index (χ2n) is 9.67. The van der Waals surface area contributed by atoms with Crippen LogP contribution in [0.1, 0.15) is 46.0 Å². The lowest BCUT2D eigenvalue weighted by Gasteiger charge is -2.57. The molecular weight excluding hydrogens is 332 g/mol. The molecule has 0 radical (unpaired) electrons. The largest absolute Gasteiger partial charge is 0.360 e. The monoisotopic (exact) mass is 358 g/mol. The molecule has 5 nitrogen and oxygen atoms in total. The van der Waals surface area contributed by atoms with E-state index in [2.05, 4.69) is 13.8 Å². The Morgan fingerprint density at radius 3 is 2.65 bits per heavy atom. The van der Waals surface area contributed by atoms with Gasteiger partial charge in [-0.3, -0.25) is 9.59 Å². The van der Waals surface area contributed by atoms with Gasteiger partial charge < -0.3 is 14.2 Å². The van der Waals surface area contributed by atoms with Crippen LogP contribution in [-0.4, -0.2) is 42.8 Å². The quantitative estimate of drug-likeness (QED) is 0.622. The molecule has 2 heterocycles. The first kappa shape index (κ1) is 16.0. The van der Waals surface area contributed by atoms with Gasteiger partial charge in [0.05, 0.1) is 13.2 Å². The molecule has 0 aromatic heterocycles. The summed E-state index contributed by atoms with van der Waals surface area (Å²) in [5.74, 6) is 0.619. The van der Waals surface area contributed by atoms with E-state index in [1.807, 2.05) is 0 Å². The Morgan fingerprint density at radius 1 is 1.12 bits per heavy atom. The molecule has 6 aliphatic rings. The van der Waals surface area contributed by atoms with Crippen LogP contribution < -0.4 is 0 Å². The number of Topliss-reactive ketones (excluding diaryl/α,β-unsaturated/α-hetero) is 1. The van der Waals surface area contributed by atoms with Crippen LogP contribution in [0, 0.1) is 28.6 Å². The lowest BCUT2D eigenvalue weighted by Crippen LogP contribution is -2.60. The van der Waals surface area contributed by atoms with Gasteiger partial charge in [-0.1, -0.05) is 19.4 Å². The Balaban J connectivity index is 1.43.